The highest BCUT2D eigenvalue weighted by Gasteiger charge is 2.17. The molecule has 0 fully saturated rings. The maximum absolute atomic E-state index is 5.89. The Bertz CT molecular complexity index is 644. The molecule has 0 radical (unpaired) electrons. The summed E-state index contributed by atoms with van der Waals surface area (Å²) in [6.45, 7) is 0. The van der Waals surface area contributed by atoms with E-state index >= 15 is 0 Å². The lowest BCUT2D eigenvalue weighted by Gasteiger charge is -1.97. The van der Waals surface area contributed by atoms with E-state index in [9.17, 15) is 0 Å². The third kappa shape index (κ3) is 1.73. The Morgan fingerprint density at radius 1 is 1.00 bits per heavy atom. The highest BCUT2D eigenvalue weighted by molar-refractivity contribution is 6.37. The van der Waals surface area contributed by atoms with Gasteiger partial charge in [-0.25, -0.2) is 4.98 Å². The molecule has 0 N–H and O–H groups in total. The summed E-state index contributed by atoms with van der Waals surface area (Å²) < 4.78 is 5.53. The zero-order valence-electron chi connectivity index (χ0n) is 8.26. The van der Waals surface area contributed by atoms with Gasteiger partial charge >= 0.3 is 0 Å². The first-order valence-corrected chi connectivity index (χ1v) is 5.41. The summed E-state index contributed by atoms with van der Waals surface area (Å²) in [7, 11) is 0. The van der Waals surface area contributed by atoms with E-state index in [1.807, 2.05) is 18.2 Å². The number of benzene rings is 1. The summed E-state index contributed by atoms with van der Waals surface area (Å²) in [5.41, 5.74) is 1.71. The second-order valence-corrected chi connectivity index (χ2v) is 3.95. The largest absolute Gasteiger partial charge is 0.436 e. The first kappa shape index (κ1) is 10.4. The van der Waals surface area contributed by atoms with Crippen LogP contribution in [0.1, 0.15) is 0 Å². The lowest BCUT2D eigenvalue weighted by atomic mass is 10.3. The molecular weight excluding hydrogens is 263 g/mol. The molecule has 3 rings (SSSR count). The fraction of sp³-hybridized carbons (Fsp3) is 0. The van der Waals surface area contributed by atoms with Crippen molar-refractivity contribution < 1.29 is 4.42 Å². The molecular formula is C10H4Cl2N4O. The van der Waals surface area contributed by atoms with Crippen molar-refractivity contribution in [2.45, 2.75) is 0 Å². The Morgan fingerprint density at radius 3 is 2.41 bits per heavy atom. The number of hydrogen-bond acceptors (Lipinski definition) is 5. The number of para-hydroxylation sites is 2. The molecule has 0 unspecified atom stereocenters. The van der Waals surface area contributed by atoms with Gasteiger partial charge in [-0.15, -0.1) is 10.2 Å². The maximum atomic E-state index is 5.89. The van der Waals surface area contributed by atoms with Crippen LogP contribution in [0.15, 0.2) is 28.7 Å². The number of halogens is 2. The third-order valence-corrected chi connectivity index (χ3v) is 2.71. The zero-order valence-corrected chi connectivity index (χ0v) is 9.77. The lowest BCUT2D eigenvalue weighted by molar-refractivity contribution is 0.618. The first-order valence-electron chi connectivity index (χ1n) is 4.66. The van der Waals surface area contributed by atoms with Crippen molar-refractivity contribution in [1.82, 2.24) is 20.4 Å². The van der Waals surface area contributed by atoms with E-state index in [0.29, 0.717) is 16.7 Å². The molecule has 0 spiro atoms. The van der Waals surface area contributed by atoms with Gasteiger partial charge in [-0.1, -0.05) is 35.3 Å². The van der Waals surface area contributed by atoms with Gasteiger partial charge in [-0.3, -0.25) is 0 Å². The number of rotatable bonds is 1. The summed E-state index contributed by atoms with van der Waals surface area (Å²) in [6, 6.07) is 7.34. The minimum Gasteiger partial charge on any atom is -0.436 e. The third-order valence-electron chi connectivity index (χ3n) is 2.19. The van der Waals surface area contributed by atoms with E-state index in [1.54, 1.807) is 6.07 Å². The van der Waals surface area contributed by atoms with Crippen LogP contribution in [0.2, 0.25) is 10.3 Å². The summed E-state index contributed by atoms with van der Waals surface area (Å²) in [4.78, 5) is 4.26. The highest BCUT2D eigenvalue weighted by atomic mass is 35.5. The van der Waals surface area contributed by atoms with Crippen LogP contribution in [-0.2, 0) is 0 Å². The van der Waals surface area contributed by atoms with E-state index in [-0.39, 0.29) is 16.2 Å². The van der Waals surface area contributed by atoms with E-state index in [2.05, 4.69) is 20.4 Å². The van der Waals surface area contributed by atoms with Crippen LogP contribution in [-0.4, -0.2) is 20.4 Å². The zero-order chi connectivity index (χ0) is 11.8. The van der Waals surface area contributed by atoms with Crippen LogP contribution in [0.4, 0.5) is 0 Å². The topological polar surface area (TPSA) is 64.7 Å². The molecule has 0 aliphatic rings. The van der Waals surface area contributed by atoms with Gasteiger partial charge in [0.1, 0.15) is 11.1 Å². The van der Waals surface area contributed by atoms with E-state index in [1.165, 1.54) is 0 Å². The normalized spacial score (nSPS) is 10.9. The van der Waals surface area contributed by atoms with Gasteiger partial charge in [0.25, 0.3) is 0 Å². The predicted octanol–water partition coefficient (Wildman–Crippen LogP) is 2.99. The molecule has 0 aliphatic heterocycles. The number of hydrogen-bond donors (Lipinski definition) is 0. The standard InChI is InChI=1S/C10H4Cl2N4O/c11-8-7(9(12)15-16-14-8)10-13-5-3-1-2-4-6(5)17-10/h1-4H. The Hall–Kier alpha value is -1.72. The Morgan fingerprint density at radius 2 is 1.71 bits per heavy atom. The van der Waals surface area contributed by atoms with Crippen molar-refractivity contribution in [3.63, 3.8) is 0 Å². The number of aromatic nitrogens is 4. The van der Waals surface area contributed by atoms with Crippen molar-refractivity contribution in [2.24, 2.45) is 0 Å². The highest BCUT2D eigenvalue weighted by Crippen LogP contribution is 2.32. The molecule has 0 amide bonds. The van der Waals surface area contributed by atoms with E-state index in [0.717, 1.165) is 0 Å². The minimum atomic E-state index is 0.108. The van der Waals surface area contributed by atoms with Gasteiger partial charge in [0.15, 0.2) is 15.9 Å². The number of oxazole rings is 1. The quantitative estimate of drug-likeness (QED) is 0.678. The van der Waals surface area contributed by atoms with Crippen LogP contribution in [0.5, 0.6) is 0 Å². The van der Waals surface area contributed by atoms with Crippen LogP contribution in [0.25, 0.3) is 22.6 Å². The second kappa shape index (κ2) is 3.94. The fourth-order valence-corrected chi connectivity index (χ4v) is 1.90. The average molecular weight is 267 g/mol. The van der Waals surface area contributed by atoms with Gasteiger partial charge in [-0.05, 0) is 17.3 Å². The second-order valence-electron chi connectivity index (χ2n) is 3.23. The molecule has 17 heavy (non-hydrogen) atoms. The molecule has 0 atom stereocenters. The van der Waals surface area contributed by atoms with Crippen molar-refractivity contribution >= 4 is 34.3 Å². The van der Waals surface area contributed by atoms with Gasteiger partial charge in [0.05, 0.1) is 0 Å². The molecule has 5 nitrogen and oxygen atoms in total. The minimum absolute atomic E-state index is 0.108. The average Bonchev–Trinajstić information content (AvgIpc) is 2.71. The van der Waals surface area contributed by atoms with Gasteiger partial charge in [-0.2, -0.15) is 0 Å². The van der Waals surface area contributed by atoms with Crippen molar-refractivity contribution in [3.8, 4) is 11.5 Å². The van der Waals surface area contributed by atoms with Crippen LogP contribution in [0.3, 0.4) is 0 Å². The number of fused-ring (bicyclic) bond motifs is 1. The molecule has 7 heteroatoms. The summed E-state index contributed by atoms with van der Waals surface area (Å²) in [5.74, 6) is 0.281. The summed E-state index contributed by atoms with van der Waals surface area (Å²) >= 11 is 11.8. The van der Waals surface area contributed by atoms with Crippen LogP contribution in [0, 0.1) is 0 Å². The molecule has 2 heterocycles. The van der Waals surface area contributed by atoms with E-state index in [4.69, 9.17) is 27.6 Å². The van der Waals surface area contributed by atoms with Crippen molar-refractivity contribution in [2.75, 3.05) is 0 Å². The molecule has 84 valence electrons. The molecule has 0 saturated heterocycles. The van der Waals surface area contributed by atoms with Crippen molar-refractivity contribution in [1.29, 1.82) is 0 Å². The molecule has 1 aromatic carbocycles. The Balaban J connectivity index is 2.27. The van der Waals surface area contributed by atoms with Crippen molar-refractivity contribution in [3.05, 3.63) is 34.6 Å². The predicted molar refractivity (Wildman–Crippen MR) is 62.9 cm³/mol. The molecule has 2 aromatic heterocycles. The lowest BCUT2D eigenvalue weighted by Crippen LogP contribution is -1.92. The maximum Gasteiger partial charge on any atom is 0.233 e. The van der Waals surface area contributed by atoms with Gasteiger partial charge < -0.3 is 4.42 Å². The Kier molecular flexibility index (Phi) is 2.42. The van der Waals surface area contributed by atoms with Crippen LogP contribution >= 0.6 is 23.2 Å². The molecule has 0 saturated carbocycles. The Labute approximate surface area is 105 Å². The SMILES string of the molecule is Clc1nnnc(Cl)c1-c1nc2ccccc2o1. The van der Waals surface area contributed by atoms with Gasteiger partial charge in [0.2, 0.25) is 5.89 Å². The van der Waals surface area contributed by atoms with Crippen LogP contribution < -0.4 is 0 Å². The monoisotopic (exact) mass is 266 g/mol. The smallest absolute Gasteiger partial charge is 0.233 e. The van der Waals surface area contributed by atoms with E-state index < -0.39 is 0 Å². The molecule has 0 aliphatic carbocycles. The fourth-order valence-electron chi connectivity index (χ4n) is 1.44. The summed E-state index contributed by atoms with van der Waals surface area (Å²) in [5, 5.41) is 10.8. The molecule has 3 aromatic rings. The number of nitrogens with zero attached hydrogens (tertiary/aromatic N) is 4. The molecule has 0 bridgehead atoms. The summed E-state index contributed by atoms with van der Waals surface area (Å²) in [6.07, 6.45) is 0. The first-order chi connectivity index (χ1) is 8.25. The van der Waals surface area contributed by atoms with Gasteiger partial charge in [0, 0.05) is 0 Å².